The largest absolute Gasteiger partial charge is 0.325 e. The number of sulfonamides is 1. The lowest BCUT2D eigenvalue weighted by molar-refractivity contribution is -0.113. The number of rotatable bonds is 7. The molecule has 1 fully saturated rings. The molecule has 1 aromatic carbocycles. The molecule has 0 radical (unpaired) electrons. The molecule has 3 rings (SSSR count). The Balaban J connectivity index is 1.69. The minimum Gasteiger partial charge on any atom is -0.325 e. The van der Waals surface area contributed by atoms with Gasteiger partial charge in [0.15, 0.2) is 5.16 Å². The first-order chi connectivity index (χ1) is 13.4. The summed E-state index contributed by atoms with van der Waals surface area (Å²) >= 11 is 7.42. The summed E-state index contributed by atoms with van der Waals surface area (Å²) in [6.07, 6.45) is 4.32. The van der Waals surface area contributed by atoms with Gasteiger partial charge in [-0.05, 0) is 38.0 Å². The molecule has 152 valence electrons. The van der Waals surface area contributed by atoms with E-state index in [9.17, 15) is 13.2 Å². The molecule has 11 heteroatoms. The summed E-state index contributed by atoms with van der Waals surface area (Å²) in [7, 11) is -3.68. The van der Waals surface area contributed by atoms with Gasteiger partial charge in [0.25, 0.3) is 0 Å². The van der Waals surface area contributed by atoms with Crippen LogP contribution in [0.3, 0.4) is 0 Å². The van der Waals surface area contributed by atoms with Gasteiger partial charge < -0.3 is 9.88 Å². The second-order valence-corrected chi connectivity index (χ2v) is 9.60. The molecule has 1 aromatic heterocycles. The lowest BCUT2D eigenvalue weighted by Crippen LogP contribution is -2.35. The van der Waals surface area contributed by atoms with Gasteiger partial charge in [-0.25, -0.2) is 8.42 Å². The highest BCUT2D eigenvalue weighted by atomic mass is 35.5. The fourth-order valence-electron chi connectivity index (χ4n) is 2.92. The lowest BCUT2D eigenvalue weighted by Gasteiger charge is -2.26. The number of thioether (sulfide) groups is 1. The fraction of sp³-hybridized carbons (Fsp3) is 0.471. The molecule has 1 N–H and O–H groups in total. The number of halogens is 1. The van der Waals surface area contributed by atoms with Gasteiger partial charge in [-0.1, -0.05) is 29.8 Å². The van der Waals surface area contributed by atoms with E-state index < -0.39 is 10.0 Å². The number of amides is 1. The van der Waals surface area contributed by atoms with Crippen LogP contribution < -0.4 is 5.32 Å². The first-order valence-electron chi connectivity index (χ1n) is 9.02. The lowest BCUT2D eigenvalue weighted by atomic mass is 10.2. The van der Waals surface area contributed by atoms with Crippen LogP contribution in [0.25, 0.3) is 0 Å². The van der Waals surface area contributed by atoms with Crippen LogP contribution in [0, 0.1) is 0 Å². The molecular weight excluding hydrogens is 422 g/mol. The Morgan fingerprint density at radius 3 is 2.75 bits per heavy atom. The number of anilines is 1. The van der Waals surface area contributed by atoms with Gasteiger partial charge in [-0.3, -0.25) is 4.79 Å². The summed E-state index contributed by atoms with van der Waals surface area (Å²) in [6.45, 7) is 3.66. The van der Waals surface area contributed by atoms with E-state index in [1.165, 1.54) is 28.2 Å². The van der Waals surface area contributed by atoms with Crippen LogP contribution in [0.1, 0.15) is 26.2 Å². The van der Waals surface area contributed by atoms with E-state index >= 15 is 0 Å². The molecule has 0 spiro atoms. The van der Waals surface area contributed by atoms with Crippen molar-refractivity contribution < 1.29 is 13.2 Å². The van der Waals surface area contributed by atoms with Crippen molar-refractivity contribution in [3.05, 3.63) is 29.5 Å². The van der Waals surface area contributed by atoms with Crippen molar-refractivity contribution in [2.75, 3.05) is 24.2 Å². The molecule has 2 aromatic rings. The molecule has 28 heavy (non-hydrogen) atoms. The Morgan fingerprint density at radius 1 is 1.29 bits per heavy atom. The molecule has 1 saturated heterocycles. The number of carbonyl (C=O) groups is 1. The fourth-order valence-corrected chi connectivity index (χ4v) is 5.72. The number of hydrogen-bond acceptors (Lipinski definition) is 6. The summed E-state index contributed by atoms with van der Waals surface area (Å²) in [6, 6.07) is 4.51. The molecule has 0 saturated carbocycles. The summed E-state index contributed by atoms with van der Waals surface area (Å²) in [4.78, 5) is 12.3. The number of benzene rings is 1. The topological polar surface area (TPSA) is 97.2 Å². The first kappa shape index (κ1) is 21.1. The number of carbonyl (C=O) groups excluding carboxylic acids is 1. The molecular formula is C17H22ClN5O3S2. The van der Waals surface area contributed by atoms with Crippen molar-refractivity contribution in [3.8, 4) is 0 Å². The van der Waals surface area contributed by atoms with Crippen LogP contribution in [-0.4, -0.2) is 52.2 Å². The highest BCUT2D eigenvalue weighted by Crippen LogP contribution is 2.29. The summed E-state index contributed by atoms with van der Waals surface area (Å²) in [5.74, 6) is -0.130. The zero-order valence-corrected chi connectivity index (χ0v) is 17.9. The van der Waals surface area contributed by atoms with Gasteiger partial charge >= 0.3 is 0 Å². The van der Waals surface area contributed by atoms with Crippen LogP contribution in [0.4, 0.5) is 5.69 Å². The highest BCUT2D eigenvalue weighted by molar-refractivity contribution is 7.99. The van der Waals surface area contributed by atoms with Crippen molar-refractivity contribution in [2.24, 2.45) is 0 Å². The number of piperidine rings is 1. The van der Waals surface area contributed by atoms with Crippen LogP contribution in [0.2, 0.25) is 5.02 Å². The summed E-state index contributed by atoms with van der Waals surface area (Å²) < 4.78 is 29.1. The van der Waals surface area contributed by atoms with Crippen molar-refractivity contribution in [3.63, 3.8) is 0 Å². The van der Waals surface area contributed by atoms with Crippen LogP contribution >= 0.6 is 23.4 Å². The third-order valence-electron chi connectivity index (χ3n) is 4.40. The normalized spacial score (nSPS) is 15.5. The molecule has 0 atom stereocenters. The standard InChI is InChI=1S/C17H22ClN5O3S2/c1-2-22-12-19-21-17(22)27-11-16(24)20-13-6-7-14(18)15(10-13)28(25,26)23-8-4-3-5-9-23/h6-7,10,12H,2-5,8-9,11H2,1H3,(H,20,24). The average molecular weight is 444 g/mol. The van der Waals surface area contributed by atoms with E-state index in [2.05, 4.69) is 15.5 Å². The molecule has 1 aliphatic rings. The molecule has 1 aliphatic heterocycles. The second kappa shape index (κ2) is 9.25. The third kappa shape index (κ3) is 4.86. The van der Waals surface area contributed by atoms with Gasteiger partial charge in [0, 0.05) is 25.3 Å². The van der Waals surface area contributed by atoms with Crippen LogP contribution in [-0.2, 0) is 21.4 Å². The molecule has 1 amide bonds. The van der Waals surface area contributed by atoms with Crippen LogP contribution in [0.5, 0.6) is 0 Å². The highest BCUT2D eigenvalue weighted by Gasteiger charge is 2.28. The number of nitrogens with one attached hydrogen (secondary N) is 1. The van der Waals surface area contributed by atoms with Gasteiger partial charge in [-0.15, -0.1) is 10.2 Å². The number of hydrogen-bond donors (Lipinski definition) is 1. The number of aryl methyl sites for hydroxylation is 1. The molecule has 0 aliphatic carbocycles. The number of nitrogens with zero attached hydrogens (tertiary/aromatic N) is 4. The Hall–Kier alpha value is -1.62. The predicted molar refractivity (Wildman–Crippen MR) is 109 cm³/mol. The van der Waals surface area contributed by atoms with Crippen molar-refractivity contribution in [2.45, 2.75) is 42.8 Å². The Bertz CT molecular complexity index is 942. The van der Waals surface area contributed by atoms with E-state index in [1.807, 2.05) is 11.5 Å². The number of aromatic nitrogens is 3. The van der Waals surface area contributed by atoms with E-state index in [-0.39, 0.29) is 21.6 Å². The van der Waals surface area contributed by atoms with Gasteiger partial charge in [0.05, 0.1) is 10.8 Å². The van der Waals surface area contributed by atoms with Gasteiger partial charge in [0.2, 0.25) is 15.9 Å². The maximum atomic E-state index is 12.9. The SMILES string of the molecule is CCn1cnnc1SCC(=O)Nc1ccc(Cl)c(S(=O)(=O)N2CCCCC2)c1. The monoisotopic (exact) mass is 443 g/mol. The summed E-state index contributed by atoms with van der Waals surface area (Å²) in [5.41, 5.74) is 0.391. The van der Waals surface area contributed by atoms with Crippen molar-refractivity contribution in [1.29, 1.82) is 0 Å². The van der Waals surface area contributed by atoms with E-state index in [0.717, 1.165) is 19.3 Å². The Labute approximate surface area is 173 Å². The van der Waals surface area contributed by atoms with Crippen LogP contribution in [0.15, 0.2) is 34.6 Å². The molecule has 2 heterocycles. The predicted octanol–water partition coefficient (Wildman–Crippen LogP) is 2.86. The molecule has 8 nitrogen and oxygen atoms in total. The second-order valence-electron chi connectivity index (χ2n) is 6.35. The van der Waals surface area contributed by atoms with Gasteiger partial charge in [0.1, 0.15) is 11.2 Å². The van der Waals surface area contributed by atoms with Gasteiger partial charge in [-0.2, -0.15) is 4.31 Å². The van der Waals surface area contributed by atoms with Crippen molar-refractivity contribution in [1.82, 2.24) is 19.1 Å². The van der Waals surface area contributed by atoms with E-state index in [4.69, 9.17) is 11.6 Å². The smallest absolute Gasteiger partial charge is 0.244 e. The van der Waals surface area contributed by atoms with Crippen molar-refractivity contribution >= 4 is 45.0 Å². The minimum atomic E-state index is -3.68. The molecule has 0 bridgehead atoms. The Morgan fingerprint density at radius 2 is 2.04 bits per heavy atom. The maximum Gasteiger partial charge on any atom is 0.244 e. The van der Waals surface area contributed by atoms with E-state index in [1.54, 1.807) is 12.4 Å². The minimum absolute atomic E-state index is 0.0206. The first-order valence-corrected chi connectivity index (χ1v) is 11.8. The molecule has 0 unspecified atom stereocenters. The zero-order chi connectivity index (χ0) is 20.1. The van der Waals surface area contributed by atoms with E-state index in [0.29, 0.717) is 30.5 Å². The Kier molecular flexibility index (Phi) is 6.97. The average Bonchev–Trinajstić information content (AvgIpc) is 3.16. The summed E-state index contributed by atoms with van der Waals surface area (Å²) in [5, 5.41) is 11.3. The maximum absolute atomic E-state index is 12.9. The zero-order valence-electron chi connectivity index (χ0n) is 15.5. The third-order valence-corrected chi connectivity index (χ3v) is 7.76. The quantitative estimate of drug-likeness (QED) is 0.661.